The first-order chi connectivity index (χ1) is 7.16. The highest BCUT2D eigenvalue weighted by molar-refractivity contribution is 6.33. The van der Waals surface area contributed by atoms with Crippen LogP contribution in [0.3, 0.4) is 0 Å². The van der Waals surface area contributed by atoms with Gasteiger partial charge >= 0.3 is 0 Å². The van der Waals surface area contributed by atoms with Gasteiger partial charge in [0.2, 0.25) is 0 Å². The third kappa shape index (κ3) is 2.16. The molecule has 0 aliphatic carbocycles. The number of benzene rings is 2. The van der Waals surface area contributed by atoms with Gasteiger partial charge in [-0.25, -0.2) is 8.78 Å². The maximum Gasteiger partial charge on any atom is 0.123 e. The van der Waals surface area contributed by atoms with Gasteiger partial charge in [-0.2, -0.15) is 0 Å². The molecule has 0 heterocycles. The highest BCUT2D eigenvalue weighted by atomic mass is 35.5. The van der Waals surface area contributed by atoms with Gasteiger partial charge < -0.3 is 0 Å². The zero-order valence-electron chi connectivity index (χ0n) is 7.68. The van der Waals surface area contributed by atoms with Crippen molar-refractivity contribution >= 4 is 11.6 Å². The minimum Gasteiger partial charge on any atom is -0.207 e. The van der Waals surface area contributed by atoms with E-state index in [1.54, 1.807) is 12.1 Å². The Morgan fingerprint density at radius 3 is 2.07 bits per heavy atom. The van der Waals surface area contributed by atoms with Crippen molar-refractivity contribution in [1.82, 2.24) is 0 Å². The first kappa shape index (κ1) is 10.1. The molecule has 0 unspecified atom stereocenters. The fourth-order valence-corrected chi connectivity index (χ4v) is 1.57. The van der Waals surface area contributed by atoms with E-state index in [1.807, 2.05) is 0 Å². The number of hydrogen-bond donors (Lipinski definition) is 0. The first-order valence-electron chi connectivity index (χ1n) is 4.38. The maximum atomic E-state index is 13.0. The maximum absolute atomic E-state index is 13.0. The second kappa shape index (κ2) is 3.99. The lowest BCUT2D eigenvalue weighted by molar-refractivity contribution is 0.627. The fraction of sp³-hybridized carbons (Fsp3) is 0. The quantitative estimate of drug-likeness (QED) is 0.678. The Balaban J connectivity index is 2.53. The van der Waals surface area contributed by atoms with Crippen LogP contribution in [0.5, 0.6) is 0 Å². The third-order valence-electron chi connectivity index (χ3n) is 2.08. The molecule has 0 spiro atoms. The van der Waals surface area contributed by atoms with Crippen molar-refractivity contribution < 1.29 is 8.78 Å². The van der Waals surface area contributed by atoms with E-state index in [1.165, 1.54) is 30.3 Å². The summed E-state index contributed by atoms with van der Waals surface area (Å²) in [6, 6.07) is 9.86. The van der Waals surface area contributed by atoms with Crippen LogP contribution in [0.1, 0.15) is 0 Å². The van der Waals surface area contributed by atoms with Gasteiger partial charge in [-0.05, 0) is 35.9 Å². The third-order valence-corrected chi connectivity index (χ3v) is 2.41. The lowest BCUT2D eigenvalue weighted by Crippen LogP contribution is -1.82. The van der Waals surface area contributed by atoms with Gasteiger partial charge in [-0.15, -0.1) is 0 Å². The van der Waals surface area contributed by atoms with Crippen molar-refractivity contribution in [3.8, 4) is 11.1 Å². The lowest BCUT2D eigenvalue weighted by Gasteiger charge is -2.04. The van der Waals surface area contributed by atoms with E-state index in [0.717, 1.165) is 0 Å². The minimum atomic E-state index is -0.362. The average molecular weight is 225 g/mol. The van der Waals surface area contributed by atoms with Crippen LogP contribution in [0.15, 0.2) is 42.5 Å². The highest BCUT2D eigenvalue weighted by Gasteiger charge is 2.04. The molecule has 0 N–H and O–H groups in total. The van der Waals surface area contributed by atoms with E-state index in [-0.39, 0.29) is 11.6 Å². The van der Waals surface area contributed by atoms with Crippen LogP contribution >= 0.6 is 11.6 Å². The molecule has 0 radical (unpaired) electrons. The molecule has 0 fully saturated rings. The van der Waals surface area contributed by atoms with Gasteiger partial charge in [-0.1, -0.05) is 23.7 Å². The van der Waals surface area contributed by atoms with Crippen LogP contribution < -0.4 is 0 Å². The van der Waals surface area contributed by atoms with Gasteiger partial charge in [0.1, 0.15) is 11.6 Å². The average Bonchev–Trinajstić information content (AvgIpc) is 2.23. The highest BCUT2D eigenvalue weighted by Crippen LogP contribution is 2.28. The Morgan fingerprint density at radius 2 is 1.40 bits per heavy atom. The van der Waals surface area contributed by atoms with E-state index < -0.39 is 0 Å². The molecule has 0 nitrogen and oxygen atoms in total. The van der Waals surface area contributed by atoms with Crippen molar-refractivity contribution in [2.45, 2.75) is 0 Å². The minimum absolute atomic E-state index is 0.328. The van der Waals surface area contributed by atoms with Gasteiger partial charge in [0.25, 0.3) is 0 Å². The molecule has 3 heteroatoms. The summed E-state index contributed by atoms with van der Waals surface area (Å²) in [5.74, 6) is -0.690. The standard InChI is InChI=1S/C12H7ClF2/c13-12-6-5-10(15)7-11(12)8-1-3-9(14)4-2-8/h1-7H. The molecular weight excluding hydrogens is 218 g/mol. The Hall–Kier alpha value is -1.41. The Labute approximate surface area is 91.1 Å². The summed E-state index contributed by atoms with van der Waals surface area (Å²) in [5.41, 5.74) is 1.26. The summed E-state index contributed by atoms with van der Waals surface area (Å²) in [6.45, 7) is 0. The monoisotopic (exact) mass is 224 g/mol. The van der Waals surface area contributed by atoms with E-state index in [9.17, 15) is 8.78 Å². The Kier molecular flexibility index (Phi) is 2.69. The largest absolute Gasteiger partial charge is 0.207 e. The van der Waals surface area contributed by atoms with Crippen LogP contribution in [-0.4, -0.2) is 0 Å². The van der Waals surface area contributed by atoms with E-state index >= 15 is 0 Å². The number of hydrogen-bond acceptors (Lipinski definition) is 0. The Morgan fingerprint density at radius 1 is 0.800 bits per heavy atom. The van der Waals surface area contributed by atoms with Crippen molar-refractivity contribution in [2.24, 2.45) is 0 Å². The van der Waals surface area contributed by atoms with Crippen molar-refractivity contribution in [3.05, 3.63) is 59.1 Å². The van der Waals surface area contributed by atoms with Crippen LogP contribution in [0.4, 0.5) is 8.78 Å². The fourth-order valence-electron chi connectivity index (χ4n) is 1.35. The normalized spacial score (nSPS) is 10.3. The summed E-state index contributed by atoms with van der Waals surface area (Å²) in [4.78, 5) is 0. The van der Waals surface area contributed by atoms with E-state index in [2.05, 4.69) is 0 Å². The molecule has 0 aromatic heterocycles. The molecule has 76 valence electrons. The van der Waals surface area contributed by atoms with Gasteiger partial charge in [-0.3, -0.25) is 0 Å². The van der Waals surface area contributed by atoms with E-state index in [0.29, 0.717) is 16.1 Å². The molecule has 0 aliphatic rings. The van der Waals surface area contributed by atoms with E-state index in [4.69, 9.17) is 11.6 Å². The number of rotatable bonds is 1. The zero-order chi connectivity index (χ0) is 10.8. The smallest absolute Gasteiger partial charge is 0.123 e. The lowest BCUT2D eigenvalue weighted by atomic mass is 10.1. The molecule has 0 atom stereocenters. The van der Waals surface area contributed by atoms with Crippen molar-refractivity contribution in [2.75, 3.05) is 0 Å². The molecule has 2 aromatic rings. The molecule has 0 bridgehead atoms. The van der Waals surface area contributed by atoms with Crippen LogP contribution in [0.2, 0.25) is 5.02 Å². The summed E-state index contributed by atoms with van der Waals surface area (Å²) < 4.78 is 25.7. The summed E-state index contributed by atoms with van der Waals surface area (Å²) in [5, 5.41) is 0.447. The predicted octanol–water partition coefficient (Wildman–Crippen LogP) is 4.29. The van der Waals surface area contributed by atoms with Crippen molar-refractivity contribution in [3.63, 3.8) is 0 Å². The molecule has 2 rings (SSSR count). The first-order valence-corrected chi connectivity index (χ1v) is 4.75. The molecular formula is C12H7ClF2. The van der Waals surface area contributed by atoms with Gasteiger partial charge in [0.05, 0.1) is 0 Å². The van der Waals surface area contributed by atoms with Crippen LogP contribution in [0.25, 0.3) is 11.1 Å². The van der Waals surface area contributed by atoms with Gasteiger partial charge in [0, 0.05) is 10.6 Å². The summed E-state index contributed by atoms with van der Waals surface area (Å²) >= 11 is 5.91. The Bertz CT molecular complexity index is 477. The zero-order valence-corrected chi connectivity index (χ0v) is 8.43. The SMILES string of the molecule is Fc1ccc(-c2cc(F)ccc2Cl)cc1. The van der Waals surface area contributed by atoms with Gasteiger partial charge in [0.15, 0.2) is 0 Å². The molecule has 15 heavy (non-hydrogen) atoms. The molecule has 2 aromatic carbocycles. The molecule has 0 saturated carbocycles. The van der Waals surface area contributed by atoms with Crippen LogP contribution in [-0.2, 0) is 0 Å². The second-order valence-electron chi connectivity index (χ2n) is 3.13. The summed E-state index contributed by atoms with van der Waals surface area (Å²) in [7, 11) is 0. The number of halogens is 3. The topological polar surface area (TPSA) is 0 Å². The van der Waals surface area contributed by atoms with Crippen LogP contribution in [0, 0.1) is 11.6 Å². The summed E-state index contributed by atoms with van der Waals surface area (Å²) in [6.07, 6.45) is 0. The predicted molar refractivity (Wildman–Crippen MR) is 56.8 cm³/mol. The van der Waals surface area contributed by atoms with Crippen molar-refractivity contribution in [1.29, 1.82) is 0 Å². The molecule has 0 amide bonds. The second-order valence-corrected chi connectivity index (χ2v) is 3.54. The molecule has 0 saturated heterocycles. The molecule has 0 aliphatic heterocycles.